The van der Waals surface area contributed by atoms with Gasteiger partial charge >= 0.3 is 6.09 Å². The molecule has 0 N–H and O–H groups in total. The van der Waals surface area contributed by atoms with Crippen molar-refractivity contribution in [3.8, 4) is 16.9 Å². The zero-order valence-corrected chi connectivity index (χ0v) is 19.9. The lowest BCUT2D eigenvalue weighted by atomic mass is 9.97. The van der Waals surface area contributed by atoms with E-state index in [-0.39, 0.29) is 24.1 Å². The molecule has 0 radical (unpaired) electrons. The van der Waals surface area contributed by atoms with Crippen LogP contribution in [0, 0.1) is 0 Å². The first-order chi connectivity index (χ1) is 17.3. The number of fused-ring (bicyclic) bond motifs is 5. The number of amides is 1. The maximum Gasteiger partial charge on any atom is 0.410 e. The molecule has 2 aliphatic heterocycles. The molecule has 0 spiro atoms. The predicted octanol–water partition coefficient (Wildman–Crippen LogP) is 6.96. The molecular formula is C31H31NO3. The molecule has 178 valence electrons. The highest BCUT2D eigenvalue weighted by atomic mass is 16.6. The third-order valence-electron chi connectivity index (χ3n) is 7.67. The summed E-state index contributed by atoms with van der Waals surface area (Å²) in [5, 5.41) is 0. The summed E-state index contributed by atoms with van der Waals surface area (Å²) in [6.45, 7) is 1.10. The highest BCUT2D eigenvalue weighted by molar-refractivity contribution is 5.79. The second kappa shape index (κ2) is 9.61. The normalized spacial score (nSPS) is 20.2. The molecule has 6 rings (SSSR count). The van der Waals surface area contributed by atoms with Gasteiger partial charge in [0.15, 0.2) is 0 Å². The fourth-order valence-electron chi connectivity index (χ4n) is 6.06. The third kappa shape index (κ3) is 4.34. The number of nitrogens with zero attached hydrogens (tertiary/aromatic N) is 1. The van der Waals surface area contributed by atoms with Crippen molar-refractivity contribution in [1.29, 1.82) is 0 Å². The van der Waals surface area contributed by atoms with Crippen LogP contribution in [0.15, 0.2) is 90.5 Å². The van der Waals surface area contributed by atoms with Crippen molar-refractivity contribution < 1.29 is 14.3 Å². The molecule has 2 atom stereocenters. The highest BCUT2D eigenvalue weighted by Crippen LogP contribution is 2.45. The zero-order chi connectivity index (χ0) is 23.6. The van der Waals surface area contributed by atoms with Gasteiger partial charge in [0, 0.05) is 12.0 Å². The van der Waals surface area contributed by atoms with Crippen molar-refractivity contribution in [2.75, 3.05) is 13.2 Å². The SMILES string of the molecule is O=C(OCC1c2ccccc2-c2ccccc21)N1C2C=C(CCCOc3ccccc3)CC1CC2. The molecule has 3 aromatic carbocycles. The number of para-hydroxylation sites is 1. The minimum atomic E-state index is -0.165. The Morgan fingerprint density at radius 1 is 0.857 bits per heavy atom. The lowest BCUT2D eigenvalue weighted by Crippen LogP contribution is -2.43. The Hall–Kier alpha value is -3.53. The van der Waals surface area contributed by atoms with Gasteiger partial charge < -0.3 is 9.47 Å². The second-order valence-electron chi connectivity index (χ2n) is 9.80. The second-order valence-corrected chi connectivity index (χ2v) is 9.80. The van der Waals surface area contributed by atoms with Crippen LogP contribution in [0.5, 0.6) is 5.75 Å². The highest BCUT2D eigenvalue weighted by Gasteiger charge is 2.40. The smallest absolute Gasteiger partial charge is 0.410 e. The molecule has 35 heavy (non-hydrogen) atoms. The van der Waals surface area contributed by atoms with Gasteiger partial charge in [-0.1, -0.05) is 78.4 Å². The Morgan fingerprint density at radius 3 is 2.26 bits per heavy atom. The van der Waals surface area contributed by atoms with Crippen LogP contribution in [0.1, 0.15) is 49.1 Å². The van der Waals surface area contributed by atoms with Gasteiger partial charge in [0.05, 0.1) is 12.6 Å². The van der Waals surface area contributed by atoms with E-state index in [4.69, 9.17) is 9.47 Å². The Kier molecular flexibility index (Phi) is 6.03. The zero-order valence-electron chi connectivity index (χ0n) is 19.9. The summed E-state index contributed by atoms with van der Waals surface area (Å²) >= 11 is 0. The van der Waals surface area contributed by atoms with Crippen molar-refractivity contribution in [2.24, 2.45) is 0 Å². The maximum absolute atomic E-state index is 13.2. The molecule has 1 aliphatic carbocycles. The molecule has 1 fully saturated rings. The maximum atomic E-state index is 13.2. The number of hydrogen-bond acceptors (Lipinski definition) is 3. The molecule has 0 saturated carbocycles. The van der Waals surface area contributed by atoms with E-state index in [0.717, 1.165) is 37.9 Å². The molecule has 3 aliphatic rings. The molecule has 0 aromatic heterocycles. The average molecular weight is 466 g/mol. The molecule has 2 unspecified atom stereocenters. The van der Waals surface area contributed by atoms with Crippen LogP contribution in [0.4, 0.5) is 4.79 Å². The van der Waals surface area contributed by atoms with E-state index in [9.17, 15) is 4.79 Å². The van der Waals surface area contributed by atoms with Crippen LogP contribution in [-0.2, 0) is 4.74 Å². The van der Waals surface area contributed by atoms with E-state index >= 15 is 0 Å². The van der Waals surface area contributed by atoms with Gasteiger partial charge in [0.1, 0.15) is 12.4 Å². The van der Waals surface area contributed by atoms with E-state index in [1.54, 1.807) is 0 Å². The topological polar surface area (TPSA) is 38.8 Å². The first-order valence-corrected chi connectivity index (χ1v) is 12.8. The Balaban J connectivity index is 1.06. The van der Waals surface area contributed by atoms with Gasteiger partial charge in [0.25, 0.3) is 0 Å². The summed E-state index contributed by atoms with van der Waals surface area (Å²) in [7, 11) is 0. The summed E-state index contributed by atoms with van der Waals surface area (Å²) in [6.07, 6.45) is 7.19. The molecule has 1 saturated heterocycles. The van der Waals surface area contributed by atoms with Crippen LogP contribution >= 0.6 is 0 Å². The van der Waals surface area contributed by atoms with Gasteiger partial charge in [0.2, 0.25) is 0 Å². The van der Waals surface area contributed by atoms with E-state index in [0.29, 0.717) is 13.2 Å². The van der Waals surface area contributed by atoms with E-state index in [1.807, 2.05) is 35.2 Å². The van der Waals surface area contributed by atoms with Crippen LogP contribution in [0.3, 0.4) is 0 Å². The van der Waals surface area contributed by atoms with E-state index in [2.05, 4.69) is 54.6 Å². The number of carbonyl (C=O) groups excluding carboxylic acids is 1. The van der Waals surface area contributed by atoms with E-state index < -0.39 is 0 Å². The monoisotopic (exact) mass is 465 g/mol. The summed E-state index contributed by atoms with van der Waals surface area (Å²) in [5.41, 5.74) is 6.47. The summed E-state index contributed by atoms with van der Waals surface area (Å²) in [5.74, 6) is 1.02. The molecule has 4 nitrogen and oxygen atoms in total. The quantitative estimate of drug-likeness (QED) is 0.280. The van der Waals surface area contributed by atoms with Gasteiger partial charge in [-0.25, -0.2) is 4.79 Å². The molecule has 2 heterocycles. The molecular weight excluding hydrogens is 434 g/mol. The molecule has 1 amide bonds. The Bertz CT molecular complexity index is 1190. The van der Waals surface area contributed by atoms with Crippen LogP contribution in [0.2, 0.25) is 0 Å². The summed E-state index contributed by atoms with van der Waals surface area (Å²) < 4.78 is 11.8. The minimum Gasteiger partial charge on any atom is -0.494 e. The lowest BCUT2D eigenvalue weighted by molar-refractivity contribution is 0.0848. The van der Waals surface area contributed by atoms with E-state index in [1.165, 1.54) is 27.8 Å². The number of ether oxygens (including phenoxy) is 2. The largest absolute Gasteiger partial charge is 0.494 e. The summed E-state index contributed by atoms with van der Waals surface area (Å²) in [4.78, 5) is 15.2. The first kappa shape index (κ1) is 22.0. The van der Waals surface area contributed by atoms with Crippen molar-refractivity contribution in [2.45, 2.75) is 50.1 Å². The summed E-state index contributed by atoms with van der Waals surface area (Å²) in [6, 6.07) is 27.3. The van der Waals surface area contributed by atoms with Crippen LogP contribution < -0.4 is 4.74 Å². The van der Waals surface area contributed by atoms with Crippen molar-refractivity contribution in [3.63, 3.8) is 0 Å². The molecule has 4 heteroatoms. The van der Waals surface area contributed by atoms with Gasteiger partial charge in [-0.2, -0.15) is 0 Å². The minimum absolute atomic E-state index is 0.101. The molecule has 2 bridgehead atoms. The Labute approximate surface area is 207 Å². The first-order valence-electron chi connectivity index (χ1n) is 12.8. The Morgan fingerprint density at radius 2 is 1.54 bits per heavy atom. The number of rotatable bonds is 7. The number of benzene rings is 3. The number of hydrogen-bond donors (Lipinski definition) is 0. The standard InChI is InChI=1S/C31H31NO3/c33-31(35-21-30-28-14-6-4-12-26(28)27-13-5-7-15-29(27)30)32-23-16-17-24(32)20-22(19-23)9-8-18-34-25-10-2-1-3-11-25/h1-7,10-15,19,23-24,30H,8-9,16-18,20-21H2. The fraction of sp³-hybridized carbons (Fsp3) is 0.323. The average Bonchev–Trinajstić information content (AvgIpc) is 3.37. The van der Waals surface area contributed by atoms with Crippen molar-refractivity contribution >= 4 is 6.09 Å². The van der Waals surface area contributed by atoms with Crippen molar-refractivity contribution in [3.05, 3.63) is 102 Å². The van der Waals surface area contributed by atoms with Gasteiger partial charge in [-0.05, 0) is 66.5 Å². The van der Waals surface area contributed by atoms with Gasteiger partial charge in [-0.3, -0.25) is 4.90 Å². The van der Waals surface area contributed by atoms with Gasteiger partial charge in [-0.15, -0.1) is 0 Å². The fourth-order valence-corrected chi connectivity index (χ4v) is 6.06. The lowest BCUT2D eigenvalue weighted by Gasteiger charge is -2.33. The number of carbonyl (C=O) groups is 1. The van der Waals surface area contributed by atoms with Crippen molar-refractivity contribution in [1.82, 2.24) is 4.90 Å². The third-order valence-corrected chi connectivity index (χ3v) is 7.67. The van der Waals surface area contributed by atoms with Crippen LogP contribution in [0.25, 0.3) is 11.1 Å². The molecule has 3 aromatic rings. The van der Waals surface area contributed by atoms with Crippen LogP contribution in [-0.4, -0.2) is 36.3 Å². The predicted molar refractivity (Wildman–Crippen MR) is 138 cm³/mol.